The van der Waals surface area contributed by atoms with E-state index in [1.807, 2.05) is 0 Å². The first-order valence-electron chi connectivity index (χ1n) is 5.27. The van der Waals surface area contributed by atoms with E-state index in [2.05, 4.69) is 0 Å². The van der Waals surface area contributed by atoms with E-state index >= 15 is 0 Å². The van der Waals surface area contributed by atoms with Gasteiger partial charge in [-0.25, -0.2) is 0 Å². The number of halogens is 3. The molecule has 0 amide bonds. The summed E-state index contributed by atoms with van der Waals surface area (Å²) in [6.07, 6.45) is -4.34. The van der Waals surface area contributed by atoms with Crippen LogP contribution in [-0.2, 0) is 6.18 Å². The van der Waals surface area contributed by atoms with Gasteiger partial charge in [0.15, 0.2) is 0 Å². The minimum Gasteiger partial charge on any atom is -0.398 e. The molecule has 2 rings (SSSR count). The largest absolute Gasteiger partial charge is 0.418 e. The van der Waals surface area contributed by atoms with Gasteiger partial charge in [0.05, 0.1) is 11.7 Å². The highest BCUT2D eigenvalue weighted by molar-refractivity contribution is 5.60. The molecule has 0 aliphatic carbocycles. The third kappa shape index (κ3) is 2.46. The van der Waals surface area contributed by atoms with E-state index in [4.69, 9.17) is 5.73 Å². The van der Waals surface area contributed by atoms with Crippen LogP contribution in [0.3, 0.4) is 0 Å². The third-order valence-corrected chi connectivity index (χ3v) is 2.87. The SMILES string of the molecule is Nc1ccc(N2CC[C@@H](O)C2)cc1C(F)(F)F. The number of hydrogen-bond donors (Lipinski definition) is 2. The summed E-state index contributed by atoms with van der Waals surface area (Å²) in [4.78, 5) is 1.72. The monoisotopic (exact) mass is 246 g/mol. The molecular formula is C11H13F3N2O. The summed E-state index contributed by atoms with van der Waals surface area (Å²) in [7, 11) is 0. The number of β-amino-alcohol motifs (C(OH)–C–C–N with tert-alkyl or cyclic N) is 1. The van der Waals surface area contributed by atoms with Crippen molar-refractivity contribution in [2.75, 3.05) is 23.7 Å². The summed E-state index contributed by atoms with van der Waals surface area (Å²) < 4.78 is 37.9. The molecular weight excluding hydrogens is 233 g/mol. The highest BCUT2D eigenvalue weighted by atomic mass is 19.4. The molecule has 17 heavy (non-hydrogen) atoms. The zero-order valence-corrected chi connectivity index (χ0v) is 9.04. The molecule has 3 N–H and O–H groups in total. The quantitative estimate of drug-likeness (QED) is 0.743. The smallest absolute Gasteiger partial charge is 0.398 e. The zero-order valence-electron chi connectivity index (χ0n) is 9.04. The Morgan fingerprint density at radius 1 is 1.35 bits per heavy atom. The molecule has 0 bridgehead atoms. The minimum absolute atomic E-state index is 0.277. The first-order chi connectivity index (χ1) is 7.88. The van der Waals surface area contributed by atoms with Crippen LogP contribution in [-0.4, -0.2) is 24.3 Å². The van der Waals surface area contributed by atoms with Gasteiger partial charge in [-0.15, -0.1) is 0 Å². The Hall–Kier alpha value is -1.43. The van der Waals surface area contributed by atoms with Gasteiger partial charge in [0.1, 0.15) is 0 Å². The van der Waals surface area contributed by atoms with Crippen LogP contribution in [0.1, 0.15) is 12.0 Å². The van der Waals surface area contributed by atoms with Crippen LogP contribution in [0.5, 0.6) is 0 Å². The van der Waals surface area contributed by atoms with E-state index in [9.17, 15) is 18.3 Å². The van der Waals surface area contributed by atoms with E-state index < -0.39 is 17.8 Å². The molecule has 94 valence electrons. The number of benzene rings is 1. The number of alkyl halides is 3. The van der Waals surface area contributed by atoms with Crippen molar-refractivity contribution in [2.45, 2.75) is 18.7 Å². The average Bonchev–Trinajstić information content (AvgIpc) is 2.64. The van der Waals surface area contributed by atoms with Crippen molar-refractivity contribution in [2.24, 2.45) is 0 Å². The van der Waals surface area contributed by atoms with Gasteiger partial charge >= 0.3 is 6.18 Å². The van der Waals surface area contributed by atoms with Gasteiger partial charge in [-0.1, -0.05) is 0 Å². The van der Waals surface area contributed by atoms with Gasteiger partial charge in [0.25, 0.3) is 0 Å². The lowest BCUT2D eigenvalue weighted by atomic mass is 10.1. The van der Waals surface area contributed by atoms with Crippen LogP contribution in [0, 0.1) is 0 Å². The Morgan fingerprint density at radius 3 is 2.59 bits per heavy atom. The van der Waals surface area contributed by atoms with Crippen molar-refractivity contribution >= 4 is 11.4 Å². The van der Waals surface area contributed by atoms with Gasteiger partial charge in [0, 0.05) is 24.5 Å². The Kier molecular flexibility index (Phi) is 2.91. The highest BCUT2D eigenvalue weighted by Crippen LogP contribution is 2.36. The number of nitrogens with zero attached hydrogens (tertiary/aromatic N) is 1. The zero-order chi connectivity index (χ0) is 12.6. The van der Waals surface area contributed by atoms with Crippen LogP contribution < -0.4 is 10.6 Å². The molecule has 1 heterocycles. The lowest BCUT2D eigenvalue weighted by molar-refractivity contribution is -0.136. The summed E-state index contributed by atoms with van der Waals surface area (Å²) in [6, 6.07) is 3.83. The van der Waals surface area contributed by atoms with E-state index in [0.717, 1.165) is 6.07 Å². The van der Waals surface area contributed by atoms with Gasteiger partial charge < -0.3 is 15.7 Å². The topological polar surface area (TPSA) is 49.5 Å². The normalized spacial score (nSPS) is 20.9. The van der Waals surface area contributed by atoms with E-state index in [1.54, 1.807) is 11.0 Å². The van der Waals surface area contributed by atoms with Crippen LogP contribution in [0.4, 0.5) is 24.5 Å². The molecule has 1 aromatic rings. The molecule has 3 nitrogen and oxygen atoms in total. The molecule has 1 saturated heterocycles. The van der Waals surface area contributed by atoms with Crippen molar-refractivity contribution in [1.29, 1.82) is 0 Å². The van der Waals surface area contributed by atoms with E-state index in [0.29, 0.717) is 25.2 Å². The summed E-state index contributed by atoms with van der Waals surface area (Å²) in [6.45, 7) is 0.920. The number of aliphatic hydroxyl groups is 1. The van der Waals surface area contributed by atoms with Crippen molar-refractivity contribution in [1.82, 2.24) is 0 Å². The first kappa shape index (κ1) is 12.0. The number of nitrogens with two attached hydrogens (primary N) is 1. The van der Waals surface area contributed by atoms with Gasteiger partial charge in [-0.05, 0) is 24.6 Å². The van der Waals surface area contributed by atoms with Crippen molar-refractivity contribution in [3.63, 3.8) is 0 Å². The minimum atomic E-state index is -4.45. The first-order valence-corrected chi connectivity index (χ1v) is 5.27. The van der Waals surface area contributed by atoms with E-state index in [-0.39, 0.29) is 5.69 Å². The average molecular weight is 246 g/mol. The number of rotatable bonds is 1. The molecule has 1 atom stereocenters. The molecule has 1 aliphatic rings. The predicted octanol–water partition coefficient (Wildman–Crippen LogP) is 1.86. The molecule has 1 fully saturated rings. The Morgan fingerprint density at radius 2 is 2.06 bits per heavy atom. The maximum absolute atomic E-state index is 12.6. The third-order valence-electron chi connectivity index (χ3n) is 2.87. The lowest BCUT2D eigenvalue weighted by Gasteiger charge is -2.20. The molecule has 0 saturated carbocycles. The summed E-state index contributed by atoms with van der Waals surface area (Å²) in [5.74, 6) is 0. The number of hydrogen-bond acceptors (Lipinski definition) is 3. The number of nitrogen functional groups attached to an aromatic ring is 1. The number of aliphatic hydroxyl groups excluding tert-OH is 1. The second kappa shape index (κ2) is 4.10. The molecule has 6 heteroatoms. The van der Waals surface area contributed by atoms with Crippen LogP contribution >= 0.6 is 0 Å². The lowest BCUT2D eigenvalue weighted by Crippen LogP contribution is -2.22. The molecule has 1 aromatic carbocycles. The Labute approximate surface area is 96.6 Å². The Bertz CT molecular complexity index is 420. The molecule has 0 unspecified atom stereocenters. The maximum Gasteiger partial charge on any atom is 0.418 e. The van der Waals surface area contributed by atoms with Gasteiger partial charge in [-0.2, -0.15) is 13.2 Å². The fourth-order valence-corrected chi connectivity index (χ4v) is 1.96. The Balaban J connectivity index is 2.31. The highest BCUT2D eigenvalue weighted by Gasteiger charge is 2.34. The summed E-state index contributed by atoms with van der Waals surface area (Å²) in [5.41, 5.74) is 4.66. The van der Waals surface area contributed by atoms with Crippen molar-refractivity contribution in [3.05, 3.63) is 23.8 Å². The predicted molar refractivity (Wildman–Crippen MR) is 58.7 cm³/mol. The number of anilines is 2. The molecule has 1 aliphatic heterocycles. The summed E-state index contributed by atoms with van der Waals surface area (Å²) in [5, 5.41) is 9.36. The maximum atomic E-state index is 12.6. The standard InChI is InChI=1S/C11H13F3N2O/c12-11(13,14)9-5-7(1-2-10(9)15)16-4-3-8(17)6-16/h1-2,5,8,17H,3-4,6,15H2/t8-/m1/s1. The second-order valence-electron chi connectivity index (χ2n) is 4.16. The van der Waals surface area contributed by atoms with Crippen molar-refractivity contribution < 1.29 is 18.3 Å². The summed E-state index contributed by atoms with van der Waals surface area (Å²) >= 11 is 0. The second-order valence-corrected chi connectivity index (χ2v) is 4.16. The van der Waals surface area contributed by atoms with Crippen molar-refractivity contribution in [3.8, 4) is 0 Å². The van der Waals surface area contributed by atoms with Crippen LogP contribution in [0.15, 0.2) is 18.2 Å². The molecule has 0 aromatic heterocycles. The fourth-order valence-electron chi connectivity index (χ4n) is 1.96. The van der Waals surface area contributed by atoms with Gasteiger partial charge in [-0.3, -0.25) is 0 Å². The molecule has 0 radical (unpaired) electrons. The van der Waals surface area contributed by atoms with Crippen LogP contribution in [0.2, 0.25) is 0 Å². The van der Waals surface area contributed by atoms with Gasteiger partial charge in [0.2, 0.25) is 0 Å². The van der Waals surface area contributed by atoms with E-state index in [1.165, 1.54) is 6.07 Å². The molecule has 0 spiro atoms. The van der Waals surface area contributed by atoms with Crippen LogP contribution in [0.25, 0.3) is 0 Å². The fraction of sp³-hybridized carbons (Fsp3) is 0.455.